The smallest absolute Gasteiger partial charge is 0.255 e. The summed E-state index contributed by atoms with van der Waals surface area (Å²) in [7, 11) is 0. The standard InChI is InChI=1S/C24H28N2O2/c27-16-24(13-17-6-2-1-3-7-17)14-20-10-11-22(24)26(20)23(28)19-12-18-8-4-5-9-21(18)25-15-19/h1-3,6-7,12,15,20,22,27H,4-5,8-11,13-14,16H2/t20-,22+,24-/m0/s1. The van der Waals surface area contributed by atoms with Crippen molar-refractivity contribution in [3.63, 3.8) is 0 Å². The summed E-state index contributed by atoms with van der Waals surface area (Å²) in [4.78, 5) is 20.2. The Kier molecular flexibility index (Phi) is 4.47. The molecule has 1 aromatic carbocycles. The zero-order valence-corrected chi connectivity index (χ0v) is 16.3. The van der Waals surface area contributed by atoms with Gasteiger partial charge >= 0.3 is 0 Å². The molecule has 2 fully saturated rings. The lowest BCUT2D eigenvalue weighted by atomic mass is 9.70. The first-order chi connectivity index (χ1) is 13.7. The number of hydrogen-bond donors (Lipinski definition) is 1. The number of nitrogens with zero attached hydrogens (tertiary/aromatic N) is 2. The highest BCUT2D eigenvalue weighted by atomic mass is 16.3. The van der Waals surface area contributed by atoms with Crippen molar-refractivity contribution in [2.24, 2.45) is 5.41 Å². The van der Waals surface area contributed by atoms with Crippen LogP contribution in [0.2, 0.25) is 0 Å². The van der Waals surface area contributed by atoms with Gasteiger partial charge in [0.15, 0.2) is 0 Å². The Morgan fingerprint density at radius 1 is 1.18 bits per heavy atom. The second-order valence-corrected chi connectivity index (χ2v) is 8.88. The van der Waals surface area contributed by atoms with E-state index in [0.29, 0.717) is 0 Å². The highest BCUT2D eigenvalue weighted by Gasteiger charge is 2.57. The van der Waals surface area contributed by atoms with Gasteiger partial charge in [-0.25, -0.2) is 0 Å². The molecule has 0 saturated carbocycles. The molecular formula is C24H28N2O2. The maximum Gasteiger partial charge on any atom is 0.255 e. The summed E-state index contributed by atoms with van der Waals surface area (Å²) >= 11 is 0. The SMILES string of the molecule is O=C(c1cnc2c(c1)CCCC2)N1[C@H]2CC[C@@H]1[C@@](CO)(Cc1ccccc1)C2. The van der Waals surface area contributed by atoms with Crippen LogP contribution in [0.4, 0.5) is 0 Å². The monoisotopic (exact) mass is 376 g/mol. The topological polar surface area (TPSA) is 53.4 Å². The zero-order chi connectivity index (χ0) is 19.1. The molecule has 2 saturated heterocycles. The number of pyridine rings is 1. The summed E-state index contributed by atoms with van der Waals surface area (Å²) in [5, 5.41) is 10.4. The van der Waals surface area contributed by atoms with E-state index in [-0.39, 0.29) is 30.0 Å². The molecule has 146 valence electrons. The number of aliphatic hydroxyl groups is 1. The van der Waals surface area contributed by atoms with Crippen LogP contribution in [-0.2, 0) is 19.3 Å². The van der Waals surface area contributed by atoms with Gasteiger partial charge in [0, 0.05) is 29.4 Å². The van der Waals surface area contributed by atoms with Crippen LogP contribution in [-0.4, -0.2) is 39.6 Å². The third-order valence-electron chi connectivity index (χ3n) is 7.22. The van der Waals surface area contributed by atoms with E-state index >= 15 is 0 Å². The Bertz CT molecular complexity index is 881. The Hall–Kier alpha value is -2.20. The molecule has 1 aromatic heterocycles. The summed E-state index contributed by atoms with van der Waals surface area (Å²) in [6.45, 7) is 0.134. The van der Waals surface area contributed by atoms with Crippen molar-refractivity contribution in [1.82, 2.24) is 9.88 Å². The normalized spacial score (nSPS) is 28.4. The largest absolute Gasteiger partial charge is 0.396 e. The molecule has 2 aliphatic heterocycles. The summed E-state index contributed by atoms with van der Waals surface area (Å²) in [6.07, 6.45) is 9.99. The van der Waals surface area contributed by atoms with Crippen LogP contribution in [0.1, 0.15) is 59.3 Å². The molecule has 1 aliphatic carbocycles. The molecule has 5 rings (SSSR count). The Morgan fingerprint density at radius 2 is 2.00 bits per heavy atom. The van der Waals surface area contributed by atoms with Gasteiger partial charge in [0.05, 0.1) is 12.2 Å². The number of benzene rings is 1. The number of rotatable bonds is 4. The number of carbonyl (C=O) groups excluding carboxylic acids is 1. The van der Waals surface area contributed by atoms with Gasteiger partial charge in [-0.05, 0) is 68.6 Å². The second-order valence-electron chi connectivity index (χ2n) is 8.88. The number of carbonyl (C=O) groups is 1. The number of aliphatic hydroxyl groups excluding tert-OH is 1. The van der Waals surface area contributed by atoms with Crippen molar-refractivity contribution in [2.45, 2.75) is 63.5 Å². The first-order valence-corrected chi connectivity index (χ1v) is 10.7. The van der Waals surface area contributed by atoms with Crippen molar-refractivity contribution in [1.29, 1.82) is 0 Å². The lowest BCUT2D eigenvalue weighted by Gasteiger charge is -2.36. The van der Waals surface area contributed by atoms with Gasteiger partial charge in [0.1, 0.15) is 0 Å². The molecule has 3 aliphatic rings. The van der Waals surface area contributed by atoms with Gasteiger partial charge in [0.25, 0.3) is 5.91 Å². The minimum absolute atomic E-state index is 0.108. The Balaban J connectivity index is 1.42. The van der Waals surface area contributed by atoms with Gasteiger partial charge in [-0.1, -0.05) is 30.3 Å². The summed E-state index contributed by atoms with van der Waals surface area (Å²) in [5.74, 6) is 0.108. The Morgan fingerprint density at radius 3 is 2.82 bits per heavy atom. The molecule has 0 unspecified atom stereocenters. The Labute approximate surface area is 166 Å². The first-order valence-electron chi connectivity index (χ1n) is 10.7. The predicted molar refractivity (Wildman–Crippen MR) is 108 cm³/mol. The number of amides is 1. The molecule has 0 radical (unpaired) electrons. The van der Waals surface area contributed by atoms with Crippen LogP contribution < -0.4 is 0 Å². The van der Waals surface area contributed by atoms with E-state index in [9.17, 15) is 9.90 Å². The maximum absolute atomic E-state index is 13.5. The molecule has 2 bridgehead atoms. The number of fused-ring (bicyclic) bond motifs is 3. The molecular weight excluding hydrogens is 348 g/mol. The average Bonchev–Trinajstić information content (AvgIpc) is 3.29. The van der Waals surface area contributed by atoms with Gasteiger partial charge in [-0.3, -0.25) is 9.78 Å². The van der Waals surface area contributed by atoms with Gasteiger partial charge in [0.2, 0.25) is 0 Å². The van der Waals surface area contributed by atoms with Gasteiger partial charge in [-0.15, -0.1) is 0 Å². The number of aromatic nitrogens is 1. The molecule has 4 heteroatoms. The van der Waals surface area contributed by atoms with Crippen molar-refractivity contribution >= 4 is 5.91 Å². The number of aryl methyl sites for hydroxylation is 2. The maximum atomic E-state index is 13.5. The highest BCUT2D eigenvalue weighted by molar-refractivity contribution is 5.95. The van der Waals surface area contributed by atoms with E-state index in [1.165, 1.54) is 29.7 Å². The zero-order valence-electron chi connectivity index (χ0n) is 16.3. The van der Waals surface area contributed by atoms with Gasteiger partial charge < -0.3 is 10.0 Å². The van der Waals surface area contributed by atoms with Crippen molar-refractivity contribution in [3.8, 4) is 0 Å². The molecule has 3 heterocycles. The average molecular weight is 377 g/mol. The van der Waals surface area contributed by atoms with Crippen molar-refractivity contribution in [2.75, 3.05) is 6.61 Å². The molecule has 28 heavy (non-hydrogen) atoms. The van der Waals surface area contributed by atoms with E-state index in [1.54, 1.807) is 6.20 Å². The minimum atomic E-state index is -0.221. The molecule has 2 aromatic rings. The van der Waals surface area contributed by atoms with Crippen LogP contribution in [0.3, 0.4) is 0 Å². The van der Waals surface area contributed by atoms with E-state index in [1.807, 2.05) is 6.07 Å². The lowest BCUT2D eigenvalue weighted by molar-refractivity contribution is 0.0570. The lowest BCUT2D eigenvalue weighted by Crippen LogP contribution is -2.44. The van der Waals surface area contributed by atoms with Crippen LogP contribution in [0.15, 0.2) is 42.6 Å². The fourth-order valence-corrected chi connectivity index (χ4v) is 5.87. The molecule has 4 nitrogen and oxygen atoms in total. The number of hydrogen-bond acceptors (Lipinski definition) is 3. The van der Waals surface area contributed by atoms with Crippen molar-refractivity contribution in [3.05, 3.63) is 65.0 Å². The highest BCUT2D eigenvalue weighted by Crippen LogP contribution is 2.51. The van der Waals surface area contributed by atoms with Crippen molar-refractivity contribution < 1.29 is 9.90 Å². The molecule has 0 spiro atoms. The fraction of sp³-hybridized carbons (Fsp3) is 0.500. The molecule has 1 N–H and O–H groups in total. The first kappa shape index (κ1) is 17.9. The predicted octanol–water partition coefficient (Wildman–Crippen LogP) is 3.56. The molecule has 3 atom stereocenters. The van der Waals surface area contributed by atoms with E-state index < -0.39 is 0 Å². The summed E-state index contributed by atoms with van der Waals surface area (Å²) in [6, 6.07) is 12.8. The fourth-order valence-electron chi connectivity index (χ4n) is 5.87. The van der Waals surface area contributed by atoms with Crippen LogP contribution in [0.25, 0.3) is 0 Å². The minimum Gasteiger partial charge on any atom is -0.396 e. The summed E-state index contributed by atoms with van der Waals surface area (Å²) < 4.78 is 0. The second kappa shape index (κ2) is 7.00. The van der Waals surface area contributed by atoms with Gasteiger partial charge in [-0.2, -0.15) is 0 Å². The van der Waals surface area contributed by atoms with Crippen LogP contribution in [0.5, 0.6) is 0 Å². The summed E-state index contributed by atoms with van der Waals surface area (Å²) in [5.41, 5.74) is 4.17. The van der Waals surface area contributed by atoms with Crippen LogP contribution in [0, 0.1) is 5.41 Å². The molecule has 1 amide bonds. The quantitative estimate of drug-likeness (QED) is 0.888. The van der Waals surface area contributed by atoms with E-state index in [4.69, 9.17) is 0 Å². The van der Waals surface area contributed by atoms with Crippen LogP contribution >= 0.6 is 0 Å². The van der Waals surface area contributed by atoms with E-state index in [2.05, 4.69) is 40.2 Å². The van der Waals surface area contributed by atoms with E-state index in [0.717, 1.165) is 44.1 Å². The third-order valence-corrected chi connectivity index (χ3v) is 7.22. The third kappa shape index (κ3) is 2.86.